The number of amides is 1. The quantitative estimate of drug-likeness (QED) is 0.623. The van der Waals surface area contributed by atoms with Crippen molar-refractivity contribution in [1.82, 2.24) is 5.32 Å². The molecule has 1 rings (SSSR count). The fourth-order valence-electron chi connectivity index (χ4n) is 1.61. The van der Waals surface area contributed by atoms with Gasteiger partial charge >= 0.3 is 0 Å². The molecule has 1 unspecified atom stereocenters. The molecule has 3 N–H and O–H groups in total. The van der Waals surface area contributed by atoms with Gasteiger partial charge in [0.05, 0.1) is 10.5 Å². The van der Waals surface area contributed by atoms with Crippen molar-refractivity contribution in [3.05, 3.63) is 39.9 Å². The van der Waals surface area contributed by atoms with Crippen LogP contribution in [0.2, 0.25) is 0 Å². The van der Waals surface area contributed by atoms with E-state index in [9.17, 15) is 14.9 Å². The maximum atomic E-state index is 11.8. The van der Waals surface area contributed by atoms with Crippen molar-refractivity contribution in [2.24, 2.45) is 11.7 Å². The first-order valence-electron chi connectivity index (χ1n) is 6.05. The molecule has 6 heteroatoms. The van der Waals surface area contributed by atoms with Crippen LogP contribution in [0, 0.1) is 16.0 Å². The van der Waals surface area contributed by atoms with Crippen molar-refractivity contribution in [1.29, 1.82) is 0 Å². The van der Waals surface area contributed by atoms with Gasteiger partial charge < -0.3 is 11.1 Å². The van der Waals surface area contributed by atoms with E-state index in [-0.39, 0.29) is 24.1 Å². The molecule has 0 aliphatic carbocycles. The molecule has 1 amide bonds. The summed E-state index contributed by atoms with van der Waals surface area (Å²) in [6.45, 7) is 5.72. The molecule has 0 bridgehead atoms. The Balaban J connectivity index is 2.87. The lowest BCUT2D eigenvalue weighted by Gasteiger charge is -2.28. The maximum absolute atomic E-state index is 11.8. The molecule has 0 saturated carbocycles. The predicted octanol–water partition coefficient (Wildman–Crippen LogP) is 1.54. The van der Waals surface area contributed by atoms with Crippen molar-refractivity contribution in [3.8, 4) is 0 Å². The summed E-state index contributed by atoms with van der Waals surface area (Å²) in [6, 6.07) is 6.14. The Hall–Kier alpha value is -1.95. The molecule has 0 radical (unpaired) electrons. The Morgan fingerprint density at radius 3 is 2.37 bits per heavy atom. The number of non-ortho nitro benzene ring substituents is 1. The van der Waals surface area contributed by atoms with E-state index >= 15 is 0 Å². The van der Waals surface area contributed by atoms with E-state index in [1.807, 2.05) is 13.8 Å². The molecule has 1 aromatic carbocycles. The summed E-state index contributed by atoms with van der Waals surface area (Å²) in [6.07, 6.45) is 0. The molecule has 0 saturated heterocycles. The number of rotatable bonds is 5. The third-order valence-electron chi connectivity index (χ3n) is 3.04. The summed E-state index contributed by atoms with van der Waals surface area (Å²) in [5, 5.41) is 13.5. The van der Waals surface area contributed by atoms with E-state index < -0.39 is 10.5 Å². The number of nitrogens with two attached hydrogens (primary N) is 1. The Kier molecular flexibility index (Phi) is 4.61. The standard InChI is InChI=1S/C13H19N3O3/c1-9(8-14)12(17)15-13(2,3)10-4-6-11(7-5-10)16(18)19/h4-7,9H,8,14H2,1-3H3,(H,15,17). The molecule has 0 spiro atoms. The second-order valence-electron chi connectivity index (χ2n) is 5.05. The number of benzene rings is 1. The van der Waals surface area contributed by atoms with Crippen LogP contribution in [0.15, 0.2) is 24.3 Å². The minimum Gasteiger partial charge on any atom is -0.347 e. The largest absolute Gasteiger partial charge is 0.347 e. The normalized spacial score (nSPS) is 12.8. The lowest BCUT2D eigenvalue weighted by molar-refractivity contribution is -0.384. The predicted molar refractivity (Wildman–Crippen MR) is 72.5 cm³/mol. The average Bonchev–Trinajstić information content (AvgIpc) is 2.37. The van der Waals surface area contributed by atoms with E-state index in [1.54, 1.807) is 19.1 Å². The highest BCUT2D eigenvalue weighted by Crippen LogP contribution is 2.23. The molecule has 6 nitrogen and oxygen atoms in total. The molecule has 1 aromatic rings. The van der Waals surface area contributed by atoms with Crippen molar-refractivity contribution >= 4 is 11.6 Å². The number of nitro benzene ring substituents is 1. The van der Waals surface area contributed by atoms with E-state index in [0.717, 1.165) is 5.56 Å². The number of hydrogen-bond donors (Lipinski definition) is 2. The third kappa shape index (κ3) is 3.75. The number of nitrogens with one attached hydrogen (secondary N) is 1. The van der Waals surface area contributed by atoms with Crippen LogP contribution in [-0.4, -0.2) is 17.4 Å². The highest BCUT2D eigenvalue weighted by Gasteiger charge is 2.25. The molecule has 0 aromatic heterocycles. The van der Waals surface area contributed by atoms with Gasteiger partial charge in [0.15, 0.2) is 0 Å². The molecular formula is C13H19N3O3. The van der Waals surface area contributed by atoms with Crippen molar-refractivity contribution in [3.63, 3.8) is 0 Å². The van der Waals surface area contributed by atoms with E-state index in [0.29, 0.717) is 0 Å². The van der Waals surface area contributed by atoms with Crippen LogP contribution in [0.4, 0.5) is 5.69 Å². The summed E-state index contributed by atoms with van der Waals surface area (Å²) < 4.78 is 0. The van der Waals surface area contributed by atoms with Gasteiger partial charge in [-0.3, -0.25) is 14.9 Å². The van der Waals surface area contributed by atoms with Crippen LogP contribution in [0.25, 0.3) is 0 Å². The fraction of sp³-hybridized carbons (Fsp3) is 0.462. The number of carbonyl (C=O) groups excluding carboxylic acids is 1. The van der Waals surface area contributed by atoms with Gasteiger partial charge in [0, 0.05) is 24.6 Å². The second kappa shape index (κ2) is 5.79. The van der Waals surface area contributed by atoms with Crippen LogP contribution in [0.3, 0.4) is 0 Å². The molecular weight excluding hydrogens is 246 g/mol. The van der Waals surface area contributed by atoms with Gasteiger partial charge in [0.1, 0.15) is 0 Å². The lowest BCUT2D eigenvalue weighted by atomic mass is 9.93. The Labute approximate surface area is 112 Å². The Morgan fingerprint density at radius 2 is 1.95 bits per heavy atom. The summed E-state index contributed by atoms with van der Waals surface area (Å²) in [4.78, 5) is 22.0. The van der Waals surface area contributed by atoms with Crippen LogP contribution in [0.1, 0.15) is 26.3 Å². The zero-order valence-corrected chi connectivity index (χ0v) is 11.3. The monoisotopic (exact) mass is 265 g/mol. The zero-order valence-electron chi connectivity index (χ0n) is 11.3. The van der Waals surface area contributed by atoms with Gasteiger partial charge in [-0.25, -0.2) is 0 Å². The first kappa shape index (κ1) is 15.1. The minimum atomic E-state index is -0.602. The second-order valence-corrected chi connectivity index (χ2v) is 5.05. The first-order valence-corrected chi connectivity index (χ1v) is 6.05. The average molecular weight is 265 g/mol. The smallest absolute Gasteiger partial charge is 0.269 e. The van der Waals surface area contributed by atoms with Crippen LogP contribution in [-0.2, 0) is 10.3 Å². The number of nitro groups is 1. The Bertz CT molecular complexity index is 469. The number of carbonyl (C=O) groups is 1. The molecule has 0 fully saturated rings. The third-order valence-corrected chi connectivity index (χ3v) is 3.04. The maximum Gasteiger partial charge on any atom is 0.269 e. The van der Waals surface area contributed by atoms with Gasteiger partial charge in [-0.05, 0) is 31.5 Å². The van der Waals surface area contributed by atoms with E-state index in [2.05, 4.69) is 5.32 Å². The molecule has 19 heavy (non-hydrogen) atoms. The van der Waals surface area contributed by atoms with Gasteiger partial charge in [-0.15, -0.1) is 0 Å². The number of hydrogen-bond acceptors (Lipinski definition) is 4. The topological polar surface area (TPSA) is 98.3 Å². The highest BCUT2D eigenvalue weighted by atomic mass is 16.6. The van der Waals surface area contributed by atoms with Crippen molar-refractivity contribution in [2.45, 2.75) is 26.3 Å². The van der Waals surface area contributed by atoms with Gasteiger partial charge in [0.2, 0.25) is 5.91 Å². The van der Waals surface area contributed by atoms with Gasteiger partial charge in [0.25, 0.3) is 5.69 Å². The van der Waals surface area contributed by atoms with Crippen molar-refractivity contribution < 1.29 is 9.72 Å². The van der Waals surface area contributed by atoms with Crippen LogP contribution >= 0.6 is 0 Å². The summed E-state index contributed by atoms with van der Waals surface area (Å²) >= 11 is 0. The fourth-order valence-corrected chi connectivity index (χ4v) is 1.61. The molecule has 0 heterocycles. The van der Waals surface area contributed by atoms with Crippen LogP contribution in [0.5, 0.6) is 0 Å². The van der Waals surface area contributed by atoms with Gasteiger partial charge in [-0.2, -0.15) is 0 Å². The SMILES string of the molecule is CC(CN)C(=O)NC(C)(C)c1ccc([N+](=O)[O-])cc1. The van der Waals surface area contributed by atoms with Crippen molar-refractivity contribution in [2.75, 3.05) is 6.54 Å². The molecule has 0 aliphatic heterocycles. The number of nitrogens with zero attached hydrogens (tertiary/aromatic N) is 1. The molecule has 104 valence electrons. The van der Waals surface area contributed by atoms with Gasteiger partial charge in [-0.1, -0.05) is 6.92 Å². The highest BCUT2D eigenvalue weighted by molar-refractivity contribution is 5.79. The summed E-state index contributed by atoms with van der Waals surface area (Å²) in [5.74, 6) is -0.400. The zero-order chi connectivity index (χ0) is 14.6. The van der Waals surface area contributed by atoms with E-state index in [4.69, 9.17) is 5.73 Å². The Morgan fingerprint density at radius 1 is 1.42 bits per heavy atom. The lowest BCUT2D eigenvalue weighted by Crippen LogP contribution is -2.44. The van der Waals surface area contributed by atoms with E-state index in [1.165, 1.54) is 12.1 Å². The first-order chi connectivity index (χ1) is 8.77. The van der Waals surface area contributed by atoms with Crippen LogP contribution < -0.4 is 11.1 Å². The summed E-state index contributed by atoms with van der Waals surface area (Å²) in [5.41, 5.74) is 5.68. The minimum absolute atomic E-state index is 0.0289. The molecule has 1 atom stereocenters. The molecule has 0 aliphatic rings. The summed E-state index contributed by atoms with van der Waals surface area (Å²) in [7, 11) is 0.